The molecule has 24 heavy (non-hydrogen) atoms. The Balaban J connectivity index is 2.17. The van der Waals surface area contributed by atoms with E-state index in [2.05, 4.69) is 4.36 Å². The third-order valence-electron chi connectivity index (χ3n) is 4.99. The van der Waals surface area contributed by atoms with Gasteiger partial charge in [-0.2, -0.15) is 4.31 Å². The summed E-state index contributed by atoms with van der Waals surface area (Å²) < 4.78 is 20.0. The van der Waals surface area contributed by atoms with Gasteiger partial charge in [0.25, 0.3) is 5.91 Å². The van der Waals surface area contributed by atoms with Gasteiger partial charge in [-0.15, -0.1) is 4.36 Å². The zero-order valence-corrected chi connectivity index (χ0v) is 15.2. The van der Waals surface area contributed by atoms with Gasteiger partial charge >= 0.3 is 0 Å². The van der Waals surface area contributed by atoms with Crippen molar-refractivity contribution in [3.63, 3.8) is 0 Å². The number of carbonyl (C=O) groups is 1. The van der Waals surface area contributed by atoms with E-state index in [0.29, 0.717) is 10.5 Å². The SMILES string of the molecule is CC1(C)N(S(=O)(=NC(=O)c2ccccc2)c2ccccc2)C1(C)C. The quantitative estimate of drug-likeness (QED) is 0.787. The molecule has 0 bridgehead atoms. The van der Waals surface area contributed by atoms with Crippen LogP contribution in [0.15, 0.2) is 69.9 Å². The van der Waals surface area contributed by atoms with Gasteiger partial charge < -0.3 is 0 Å². The van der Waals surface area contributed by atoms with Gasteiger partial charge in [0.2, 0.25) is 0 Å². The van der Waals surface area contributed by atoms with E-state index >= 15 is 0 Å². The first-order valence-corrected chi connectivity index (χ1v) is 9.40. The minimum Gasteiger partial charge on any atom is -0.266 e. The molecule has 0 aliphatic carbocycles. The molecule has 126 valence electrons. The van der Waals surface area contributed by atoms with E-state index in [1.165, 1.54) is 0 Å². The van der Waals surface area contributed by atoms with Gasteiger partial charge in [-0.25, -0.2) is 4.21 Å². The van der Waals surface area contributed by atoms with Crippen LogP contribution in [0.4, 0.5) is 0 Å². The average molecular weight is 342 g/mol. The Morgan fingerprint density at radius 1 is 0.875 bits per heavy atom. The molecule has 2 aromatic rings. The Morgan fingerprint density at radius 3 is 1.79 bits per heavy atom. The normalized spacial score (nSPS) is 20.8. The number of nitrogens with zero attached hydrogens (tertiary/aromatic N) is 2. The van der Waals surface area contributed by atoms with Crippen LogP contribution in [-0.4, -0.2) is 25.5 Å². The topological polar surface area (TPSA) is 49.5 Å². The predicted octanol–water partition coefficient (Wildman–Crippen LogP) is 4.14. The van der Waals surface area contributed by atoms with Crippen LogP contribution in [-0.2, 0) is 9.92 Å². The van der Waals surface area contributed by atoms with Crippen LogP contribution in [0.5, 0.6) is 0 Å². The highest BCUT2D eigenvalue weighted by atomic mass is 32.2. The molecule has 1 fully saturated rings. The molecule has 1 unspecified atom stereocenters. The first-order chi connectivity index (χ1) is 11.2. The van der Waals surface area contributed by atoms with Gasteiger partial charge in [0.15, 0.2) is 0 Å². The Labute approximate surface area is 143 Å². The fourth-order valence-corrected chi connectivity index (χ4v) is 5.92. The zero-order chi connectivity index (χ0) is 17.6. The van der Waals surface area contributed by atoms with E-state index in [1.54, 1.807) is 36.4 Å². The van der Waals surface area contributed by atoms with E-state index in [1.807, 2.05) is 56.3 Å². The number of benzene rings is 2. The smallest absolute Gasteiger partial charge is 0.266 e. The molecule has 1 heterocycles. The van der Waals surface area contributed by atoms with Crippen molar-refractivity contribution in [2.75, 3.05) is 0 Å². The molecule has 5 heteroatoms. The third-order valence-corrected chi connectivity index (χ3v) is 7.70. The maximum Gasteiger partial charge on any atom is 0.286 e. The second-order valence-electron chi connectivity index (χ2n) is 6.98. The van der Waals surface area contributed by atoms with E-state index in [9.17, 15) is 9.00 Å². The monoisotopic (exact) mass is 342 g/mol. The van der Waals surface area contributed by atoms with Crippen LogP contribution in [0, 0.1) is 0 Å². The lowest BCUT2D eigenvalue weighted by Crippen LogP contribution is -2.21. The third kappa shape index (κ3) is 2.48. The maximum atomic E-state index is 13.9. The van der Waals surface area contributed by atoms with Gasteiger partial charge in [-0.3, -0.25) is 4.79 Å². The van der Waals surface area contributed by atoms with Crippen LogP contribution >= 0.6 is 0 Å². The average Bonchev–Trinajstić information content (AvgIpc) is 2.98. The molecule has 2 aromatic carbocycles. The zero-order valence-electron chi connectivity index (χ0n) is 14.4. The summed E-state index contributed by atoms with van der Waals surface area (Å²) in [6.07, 6.45) is 0. The Morgan fingerprint density at radius 2 is 1.33 bits per heavy atom. The summed E-state index contributed by atoms with van der Waals surface area (Å²) in [6, 6.07) is 17.8. The second-order valence-corrected chi connectivity index (χ2v) is 9.00. The maximum absolute atomic E-state index is 13.9. The van der Waals surface area contributed by atoms with Gasteiger partial charge in [0.05, 0.1) is 4.90 Å². The summed E-state index contributed by atoms with van der Waals surface area (Å²) in [4.78, 5) is 13.2. The number of amides is 1. The van der Waals surface area contributed by atoms with Crippen molar-refractivity contribution in [3.05, 3.63) is 66.2 Å². The fourth-order valence-electron chi connectivity index (χ4n) is 3.04. The highest BCUT2D eigenvalue weighted by Crippen LogP contribution is 2.55. The lowest BCUT2D eigenvalue weighted by molar-refractivity contribution is 0.100. The molecular formula is C19H22N2O2S. The molecule has 0 radical (unpaired) electrons. The summed E-state index contributed by atoms with van der Waals surface area (Å²) >= 11 is 0. The minimum absolute atomic E-state index is 0.305. The van der Waals surface area contributed by atoms with Crippen molar-refractivity contribution < 1.29 is 9.00 Å². The van der Waals surface area contributed by atoms with Crippen LogP contribution in [0.1, 0.15) is 38.1 Å². The molecule has 1 aliphatic heterocycles. The number of hydrogen-bond donors (Lipinski definition) is 0. The number of rotatable bonds is 3. The van der Waals surface area contributed by atoms with E-state index in [0.717, 1.165) is 0 Å². The van der Waals surface area contributed by atoms with E-state index in [-0.39, 0.29) is 11.1 Å². The van der Waals surface area contributed by atoms with Gasteiger partial charge in [-0.05, 0) is 52.0 Å². The fraction of sp³-hybridized carbons (Fsp3) is 0.316. The standard InChI is InChI=1S/C19H22N2O2S/c1-18(2)19(3,4)21(18)24(23,16-13-9-6-10-14-16)20-17(22)15-11-7-5-8-12-15/h5-14H,1-4H3. The molecule has 1 aliphatic rings. The summed E-state index contributed by atoms with van der Waals surface area (Å²) in [5.74, 6) is -0.456. The number of carbonyl (C=O) groups excluding carboxylic acids is 1. The van der Waals surface area contributed by atoms with E-state index in [4.69, 9.17) is 0 Å². The molecule has 0 saturated carbocycles. The molecule has 0 N–H and O–H groups in total. The summed E-state index contributed by atoms with van der Waals surface area (Å²) in [5.41, 5.74) is -0.167. The van der Waals surface area contributed by atoms with Crippen LogP contribution in [0.2, 0.25) is 0 Å². The highest BCUT2D eigenvalue weighted by Gasteiger charge is 2.68. The first-order valence-electron chi connectivity index (χ1n) is 7.93. The predicted molar refractivity (Wildman–Crippen MR) is 96.0 cm³/mol. The van der Waals surface area contributed by atoms with Crippen LogP contribution in [0.25, 0.3) is 0 Å². The molecule has 1 saturated heterocycles. The van der Waals surface area contributed by atoms with Gasteiger partial charge in [-0.1, -0.05) is 36.4 Å². The number of hydrogen-bond acceptors (Lipinski definition) is 2. The van der Waals surface area contributed by atoms with Gasteiger partial charge in [0.1, 0.15) is 9.92 Å². The molecular weight excluding hydrogens is 320 g/mol. The first kappa shape index (κ1) is 16.9. The molecule has 0 spiro atoms. The summed E-state index contributed by atoms with van der Waals surface area (Å²) in [5, 5.41) is 0. The van der Waals surface area contributed by atoms with Crippen LogP contribution in [0.3, 0.4) is 0 Å². The molecule has 1 atom stereocenters. The van der Waals surface area contributed by atoms with Crippen molar-refractivity contribution in [1.82, 2.24) is 4.31 Å². The Bertz CT molecular complexity index is 866. The largest absolute Gasteiger partial charge is 0.286 e. The van der Waals surface area contributed by atoms with E-state index < -0.39 is 15.8 Å². The van der Waals surface area contributed by atoms with Crippen molar-refractivity contribution >= 4 is 15.8 Å². The van der Waals surface area contributed by atoms with Crippen LogP contribution < -0.4 is 0 Å². The second kappa shape index (κ2) is 5.53. The Kier molecular flexibility index (Phi) is 3.89. The lowest BCUT2D eigenvalue weighted by Gasteiger charge is -2.15. The minimum atomic E-state index is -3.03. The Hall–Kier alpha value is -1.98. The summed E-state index contributed by atoms with van der Waals surface area (Å²) in [7, 11) is -3.03. The highest BCUT2D eigenvalue weighted by molar-refractivity contribution is 7.92. The molecule has 4 nitrogen and oxygen atoms in total. The molecule has 1 amide bonds. The van der Waals surface area contributed by atoms with Gasteiger partial charge in [0, 0.05) is 16.6 Å². The molecule has 3 rings (SSSR count). The summed E-state index contributed by atoms with van der Waals surface area (Å²) in [6.45, 7) is 8.10. The van der Waals surface area contributed by atoms with Crippen molar-refractivity contribution in [2.24, 2.45) is 4.36 Å². The lowest BCUT2D eigenvalue weighted by atomic mass is 10.0. The van der Waals surface area contributed by atoms with Crippen molar-refractivity contribution in [1.29, 1.82) is 0 Å². The van der Waals surface area contributed by atoms with Crippen molar-refractivity contribution in [2.45, 2.75) is 43.7 Å². The van der Waals surface area contributed by atoms with Crippen molar-refractivity contribution in [3.8, 4) is 0 Å². The molecule has 0 aromatic heterocycles.